The molecule has 5 aliphatic heterocycles. The molecular formula is C55H70N8O10SSi. The predicted molar refractivity (Wildman–Crippen MR) is 290 cm³/mol. The second kappa shape index (κ2) is 21.1. The lowest BCUT2D eigenvalue weighted by Gasteiger charge is -2.57. The maximum absolute atomic E-state index is 14.8. The van der Waals surface area contributed by atoms with Gasteiger partial charge in [0, 0.05) is 83.5 Å². The number of piperidine rings is 1. The Morgan fingerprint density at radius 1 is 0.920 bits per heavy atom. The van der Waals surface area contributed by atoms with Crippen molar-refractivity contribution in [2.24, 2.45) is 11.3 Å². The van der Waals surface area contributed by atoms with Crippen molar-refractivity contribution in [1.82, 2.24) is 19.2 Å². The number of nitro groups is 1. The number of benzene rings is 3. The standard InChI is InChI=1S/C55H70N8O10SSi/c1-37-7-5-6-8-43(37)49-33-70-24-21-61(49)41-30-55(31-41)16-19-59(20-17-55)40-9-11-44(53(64)58-74(67,68)42-10-12-45(47(29-42)63(65)66)56-32-38-14-22-69-23-15-38)46(28-40)62-48-27-39-13-18-60(36-71-25-26-75(2,3)4)52(39)57-54(48)73-51-35-72-34-50(51)62/h5-13,18,27-29,38,41,49-51,56H,14-17,19-26,30-36H2,1-4H3,(H,58,64)/t49-,50-,51-/m1/s1. The molecule has 20 heteroatoms. The lowest BCUT2D eigenvalue weighted by Crippen LogP contribution is -2.58. The Labute approximate surface area is 440 Å². The van der Waals surface area contributed by atoms with E-state index in [1.54, 1.807) is 6.07 Å². The highest BCUT2D eigenvalue weighted by Gasteiger charge is 2.50. The van der Waals surface area contributed by atoms with E-state index in [4.69, 9.17) is 28.7 Å². The molecule has 18 nitrogen and oxygen atoms in total. The van der Waals surface area contributed by atoms with Crippen LogP contribution in [0.4, 0.5) is 28.4 Å². The van der Waals surface area contributed by atoms with Crippen LogP contribution in [0.2, 0.25) is 25.7 Å². The molecule has 0 bridgehead atoms. The fraction of sp³-hybridized carbons (Fsp3) is 0.527. The van der Waals surface area contributed by atoms with Crippen molar-refractivity contribution in [1.29, 1.82) is 0 Å². The Bertz CT molecular complexity index is 3040. The van der Waals surface area contributed by atoms with E-state index in [1.165, 1.54) is 23.3 Å². The number of nitro benzene ring substituents is 1. The van der Waals surface area contributed by atoms with Crippen molar-refractivity contribution in [2.75, 3.05) is 87.5 Å². The minimum absolute atomic E-state index is 0.0996. The van der Waals surface area contributed by atoms with Crippen LogP contribution >= 0.6 is 0 Å². The first-order chi connectivity index (χ1) is 36.1. The Morgan fingerprint density at radius 3 is 2.49 bits per heavy atom. The number of nitrogens with zero attached hydrogens (tertiary/aromatic N) is 6. The Balaban J connectivity index is 0.884. The number of nitrogens with one attached hydrogen (secondary N) is 2. The SMILES string of the molecule is Cc1ccccc1[C@H]1COCCN1C1CC2(CCN(c3ccc(C(=O)NS(=O)(=O)c4ccc(NCC5CCOCC5)c([N+](=O)[O-])c4)c(N4c5cc6ccn(COCC[Si](C)(C)C)c6nc5O[C@@H]5COC[C@H]54)c3)CC2)C1. The van der Waals surface area contributed by atoms with Gasteiger partial charge in [-0.05, 0) is 116 Å². The van der Waals surface area contributed by atoms with Gasteiger partial charge in [0.15, 0.2) is 0 Å². The predicted octanol–water partition coefficient (Wildman–Crippen LogP) is 8.64. The molecule has 3 atom stereocenters. The van der Waals surface area contributed by atoms with Gasteiger partial charge in [-0.3, -0.25) is 19.8 Å². The zero-order valence-electron chi connectivity index (χ0n) is 43.5. The monoisotopic (exact) mass is 1060 g/mol. The molecule has 5 fully saturated rings. The Morgan fingerprint density at radius 2 is 1.72 bits per heavy atom. The molecule has 1 spiro atoms. The molecule has 2 N–H and O–H groups in total. The molecule has 1 amide bonds. The first kappa shape index (κ1) is 51.5. The number of fused-ring (bicyclic) bond motifs is 3. The van der Waals surface area contributed by atoms with E-state index in [1.807, 2.05) is 39.9 Å². The van der Waals surface area contributed by atoms with Crippen LogP contribution in [0.15, 0.2) is 83.9 Å². The van der Waals surface area contributed by atoms with Crippen LogP contribution < -0.4 is 24.6 Å². The summed E-state index contributed by atoms with van der Waals surface area (Å²) in [4.78, 5) is 38.3. The van der Waals surface area contributed by atoms with E-state index in [2.05, 4.69) is 70.7 Å². The summed E-state index contributed by atoms with van der Waals surface area (Å²) in [5.74, 6) is -0.257. The molecule has 0 unspecified atom stereocenters. The molecule has 1 saturated carbocycles. The molecule has 4 saturated heterocycles. The Kier molecular flexibility index (Phi) is 14.5. The summed E-state index contributed by atoms with van der Waals surface area (Å²) in [5, 5.41) is 16.4. The van der Waals surface area contributed by atoms with Crippen molar-refractivity contribution < 1.29 is 41.8 Å². The number of hydrogen-bond donors (Lipinski definition) is 2. The fourth-order valence-corrected chi connectivity index (χ4v) is 13.9. The number of amides is 1. The number of sulfonamides is 1. The molecule has 1 aliphatic carbocycles. The summed E-state index contributed by atoms with van der Waals surface area (Å²) in [7, 11) is -5.92. The number of hydrogen-bond acceptors (Lipinski definition) is 15. The van der Waals surface area contributed by atoms with E-state index in [0.29, 0.717) is 75.3 Å². The molecule has 7 heterocycles. The third kappa shape index (κ3) is 10.8. The van der Waals surface area contributed by atoms with Gasteiger partial charge in [0.2, 0.25) is 5.88 Å². The number of morpholine rings is 1. The molecule has 75 heavy (non-hydrogen) atoms. The van der Waals surface area contributed by atoms with Gasteiger partial charge < -0.3 is 43.4 Å². The normalized spacial score (nSPS) is 22.4. The van der Waals surface area contributed by atoms with Crippen molar-refractivity contribution in [2.45, 2.75) is 107 Å². The number of pyridine rings is 1. The first-order valence-electron chi connectivity index (χ1n) is 26.7. The van der Waals surface area contributed by atoms with Crippen LogP contribution in [0.25, 0.3) is 11.0 Å². The van der Waals surface area contributed by atoms with E-state index in [0.717, 1.165) is 88.0 Å². The lowest BCUT2D eigenvalue weighted by molar-refractivity contribution is -0.384. The molecule has 3 aromatic carbocycles. The van der Waals surface area contributed by atoms with E-state index in [9.17, 15) is 23.3 Å². The zero-order chi connectivity index (χ0) is 52.1. The van der Waals surface area contributed by atoms with Gasteiger partial charge >= 0.3 is 0 Å². The van der Waals surface area contributed by atoms with Crippen LogP contribution in [0.1, 0.15) is 66.1 Å². The van der Waals surface area contributed by atoms with Gasteiger partial charge in [-0.15, -0.1) is 0 Å². The summed E-state index contributed by atoms with van der Waals surface area (Å²) in [6.45, 7) is 16.5. The molecule has 400 valence electrons. The third-order valence-corrected chi connectivity index (χ3v) is 19.6. The zero-order valence-corrected chi connectivity index (χ0v) is 45.3. The Hall–Kier alpha value is -5.61. The number of aromatic nitrogens is 2. The van der Waals surface area contributed by atoms with E-state index in [-0.39, 0.29) is 41.3 Å². The van der Waals surface area contributed by atoms with Crippen molar-refractivity contribution in [3.8, 4) is 5.88 Å². The highest BCUT2D eigenvalue weighted by atomic mass is 32.2. The first-order valence-corrected chi connectivity index (χ1v) is 31.9. The lowest BCUT2D eigenvalue weighted by atomic mass is 9.59. The molecule has 2 aromatic heterocycles. The summed E-state index contributed by atoms with van der Waals surface area (Å²) in [6, 6.07) is 23.3. The van der Waals surface area contributed by atoms with Crippen molar-refractivity contribution in [3.05, 3.63) is 106 Å². The molecule has 11 rings (SSSR count). The number of anilines is 4. The van der Waals surface area contributed by atoms with Gasteiger partial charge in [-0.2, -0.15) is 4.98 Å². The van der Waals surface area contributed by atoms with Crippen LogP contribution in [0.5, 0.6) is 5.88 Å². The second-order valence-corrected chi connectivity index (χ2v) is 30.0. The topological polar surface area (TPSA) is 192 Å². The van der Waals surface area contributed by atoms with Gasteiger partial charge in [0.05, 0.1) is 59.6 Å². The van der Waals surface area contributed by atoms with Crippen LogP contribution in [0, 0.1) is 28.4 Å². The minimum atomic E-state index is -4.62. The van der Waals surface area contributed by atoms with Crippen molar-refractivity contribution in [3.63, 3.8) is 0 Å². The minimum Gasteiger partial charge on any atom is -0.468 e. The van der Waals surface area contributed by atoms with Gasteiger partial charge in [-0.1, -0.05) is 43.9 Å². The van der Waals surface area contributed by atoms with Crippen LogP contribution in [0.3, 0.4) is 0 Å². The van der Waals surface area contributed by atoms with E-state index >= 15 is 0 Å². The summed E-state index contributed by atoms with van der Waals surface area (Å²) >= 11 is 0. The number of aryl methyl sites for hydroxylation is 1. The van der Waals surface area contributed by atoms with Gasteiger partial charge in [0.25, 0.3) is 21.6 Å². The van der Waals surface area contributed by atoms with Crippen LogP contribution in [-0.4, -0.2) is 132 Å². The number of carbonyl (C=O) groups excluding carboxylic acids is 1. The van der Waals surface area contributed by atoms with Gasteiger partial charge in [-0.25, -0.2) is 13.1 Å². The van der Waals surface area contributed by atoms with Crippen LogP contribution in [-0.2, 0) is 35.7 Å². The smallest absolute Gasteiger partial charge is 0.293 e. The summed E-state index contributed by atoms with van der Waals surface area (Å²) in [5.41, 5.74) is 5.46. The number of rotatable bonds is 16. The molecular weight excluding hydrogens is 993 g/mol. The highest BCUT2D eigenvalue weighted by molar-refractivity contribution is 7.90. The number of carbonyl (C=O) groups is 1. The fourth-order valence-electron chi connectivity index (χ4n) is 12.1. The molecule has 5 aromatic rings. The molecule has 6 aliphatic rings. The van der Waals surface area contributed by atoms with Gasteiger partial charge in [0.1, 0.15) is 29.9 Å². The molecule has 0 radical (unpaired) electrons. The average Bonchev–Trinajstić information content (AvgIpc) is 4.04. The highest BCUT2D eigenvalue weighted by Crippen LogP contribution is 2.54. The van der Waals surface area contributed by atoms with E-state index < -0.39 is 45.6 Å². The quantitative estimate of drug-likeness (QED) is 0.0413. The number of ether oxygens (including phenoxy) is 5. The maximum atomic E-state index is 14.8. The second-order valence-electron chi connectivity index (χ2n) is 22.7. The summed E-state index contributed by atoms with van der Waals surface area (Å²) < 4.78 is 63.0. The summed E-state index contributed by atoms with van der Waals surface area (Å²) in [6.07, 6.45) is 7.47. The largest absolute Gasteiger partial charge is 0.468 e. The maximum Gasteiger partial charge on any atom is 0.293 e. The average molecular weight is 1060 g/mol. The third-order valence-electron chi connectivity index (χ3n) is 16.6. The van der Waals surface area contributed by atoms with Crippen molar-refractivity contribution >= 4 is 63.5 Å².